The first-order valence-electron chi connectivity index (χ1n) is 6.15. The number of rotatable bonds is 5. The third kappa shape index (κ3) is 4.15. The van der Waals surface area contributed by atoms with Crippen LogP contribution in [0.3, 0.4) is 0 Å². The molecular formula is C12H16BrN3O3. The van der Waals surface area contributed by atoms with E-state index in [4.69, 9.17) is 4.74 Å². The highest BCUT2D eigenvalue weighted by molar-refractivity contribution is 9.10. The van der Waals surface area contributed by atoms with E-state index in [-0.39, 0.29) is 10.6 Å². The quantitative estimate of drug-likeness (QED) is 0.661. The summed E-state index contributed by atoms with van der Waals surface area (Å²) in [6.45, 7) is 4.91. The summed E-state index contributed by atoms with van der Waals surface area (Å²) in [4.78, 5) is 12.9. The van der Waals surface area contributed by atoms with Gasteiger partial charge in [-0.3, -0.25) is 15.0 Å². The van der Waals surface area contributed by atoms with Crippen molar-refractivity contribution in [2.45, 2.75) is 0 Å². The third-order valence-corrected chi connectivity index (χ3v) is 3.50. The zero-order valence-corrected chi connectivity index (χ0v) is 12.1. The van der Waals surface area contributed by atoms with Gasteiger partial charge in [-0.05, 0) is 12.1 Å². The smallest absolute Gasteiger partial charge is 0.293 e. The molecule has 0 radical (unpaired) electrons. The molecule has 1 aliphatic rings. The molecule has 0 aliphatic carbocycles. The molecule has 1 aromatic rings. The molecule has 1 N–H and O–H groups in total. The van der Waals surface area contributed by atoms with E-state index in [9.17, 15) is 10.1 Å². The maximum atomic E-state index is 11.0. The van der Waals surface area contributed by atoms with Crippen molar-refractivity contribution >= 4 is 27.3 Å². The first-order valence-corrected chi connectivity index (χ1v) is 6.94. The Bertz CT molecular complexity index is 450. The SMILES string of the molecule is O=[N+]([O-])c1cc(Br)ccc1NCCN1CCOCC1. The lowest BCUT2D eigenvalue weighted by atomic mass is 10.2. The highest BCUT2D eigenvalue weighted by atomic mass is 79.9. The Morgan fingerprint density at radius 2 is 2.16 bits per heavy atom. The van der Waals surface area contributed by atoms with Crippen LogP contribution in [0.2, 0.25) is 0 Å². The molecule has 0 aromatic heterocycles. The molecule has 0 atom stereocenters. The Balaban J connectivity index is 1.89. The van der Waals surface area contributed by atoms with Crippen LogP contribution in [-0.2, 0) is 4.74 Å². The summed E-state index contributed by atoms with van der Waals surface area (Å²) in [5.41, 5.74) is 0.651. The second-order valence-corrected chi connectivity index (χ2v) is 5.22. The van der Waals surface area contributed by atoms with Crippen LogP contribution in [0.1, 0.15) is 0 Å². The third-order valence-electron chi connectivity index (χ3n) is 3.00. The number of nitro benzene ring substituents is 1. The monoisotopic (exact) mass is 329 g/mol. The van der Waals surface area contributed by atoms with Crippen molar-refractivity contribution in [3.05, 3.63) is 32.8 Å². The molecule has 0 unspecified atom stereocenters. The molecule has 6 nitrogen and oxygen atoms in total. The van der Waals surface area contributed by atoms with E-state index in [1.165, 1.54) is 6.07 Å². The minimum Gasteiger partial charge on any atom is -0.379 e. The van der Waals surface area contributed by atoms with E-state index in [2.05, 4.69) is 26.1 Å². The average Bonchev–Trinajstić information content (AvgIpc) is 2.41. The maximum absolute atomic E-state index is 11.0. The Morgan fingerprint density at radius 3 is 2.84 bits per heavy atom. The van der Waals surface area contributed by atoms with E-state index in [0.29, 0.717) is 16.7 Å². The number of morpholine rings is 1. The zero-order chi connectivity index (χ0) is 13.7. The molecule has 0 amide bonds. The van der Waals surface area contributed by atoms with E-state index in [1.54, 1.807) is 12.1 Å². The average molecular weight is 330 g/mol. The lowest BCUT2D eigenvalue weighted by molar-refractivity contribution is -0.384. The van der Waals surface area contributed by atoms with Gasteiger partial charge in [0.2, 0.25) is 0 Å². The fourth-order valence-corrected chi connectivity index (χ4v) is 2.33. The van der Waals surface area contributed by atoms with Crippen LogP contribution in [0.15, 0.2) is 22.7 Å². The van der Waals surface area contributed by atoms with Crippen LogP contribution in [0.4, 0.5) is 11.4 Å². The van der Waals surface area contributed by atoms with Gasteiger partial charge in [-0.15, -0.1) is 0 Å². The fourth-order valence-electron chi connectivity index (χ4n) is 1.98. The lowest BCUT2D eigenvalue weighted by Gasteiger charge is -2.26. The minimum absolute atomic E-state index is 0.0938. The number of hydrogen-bond donors (Lipinski definition) is 1. The van der Waals surface area contributed by atoms with Crippen LogP contribution in [0.5, 0.6) is 0 Å². The summed E-state index contributed by atoms with van der Waals surface area (Å²) in [5, 5.41) is 14.1. The summed E-state index contributed by atoms with van der Waals surface area (Å²) in [6, 6.07) is 5.03. The Hall–Kier alpha value is -1.18. The molecule has 19 heavy (non-hydrogen) atoms. The molecule has 2 rings (SSSR count). The largest absolute Gasteiger partial charge is 0.379 e. The first kappa shape index (κ1) is 14.2. The Labute approximate surface area is 120 Å². The van der Waals surface area contributed by atoms with Crippen LogP contribution in [0, 0.1) is 10.1 Å². The normalized spacial score (nSPS) is 16.3. The van der Waals surface area contributed by atoms with Crippen molar-refractivity contribution in [3.8, 4) is 0 Å². The van der Waals surface area contributed by atoms with Crippen LogP contribution < -0.4 is 5.32 Å². The van der Waals surface area contributed by atoms with E-state index in [0.717, 1.165) is 32.8 Å². The molecule has 0 bridgehead atoms. The molecule has 1 heterocycles. The van der Waals surface area contributed by atoms with Crippen molar-refractivity contribution in [1.82, 2.24) is 4.90 Å². The van der Waals surface area contributed by atoms with E-state index >= 15 is 0 Å². The van der Waals surface area contributed by atoms with Crippen molar-refractivity contribution in [2.24, 2.45) is 0 Å². The predicted octanol–water partition coefficient (Wildman–Crippen LogP) is 2.10. The lowest BCUT2D eigenvalue weighted by Crippen LogP contribution is -2.39. The van der Waals surface area contributed by atoms with E-state index < -0.39 is 0 Å². The maximum Gasteiger partial charge on any atom is 0.293 e. The number of nitrogens with zero attached hydrogens (tertiary/aromatic N) is 2. The van der Waals surface area contributed by atoms with Crippen molar-refractivity contribution in [1.29, 1.82) is 0 Å². The van der Waals surface area contributed by atoms with E-state index in [1.807, 2.05) is 0 Å². The summed E-state index contributed by atoms with van der Waals surface area (Å²) in [6.07, 6.45) is 0. The molecule has 1 saturated heterocycles. The molecule has 1 aliphatic heterocycles. The van der Waals surface area contributed by atoms with Gasteiger partial charge in [0.1, 0.15) is 5.69 Å². The Morgan fingerprint density at radius 1 is 1.42 bits per heavy atom. The van der Waals surface area contributed by atoms with Gasteiger partial charge in [-0.25, -0.2) is 0 Å². The topological polar surface area (TPSA) is 67.6 Å². The van der Waals surface area contributed by atoms with Crippen LogP contribution in [-0.4, -0.2) is 49.2 Å². The fraction of sp³-hybridized carbons (Fsp3) is 0.500. The number of ether oxygens (including phenoxy) is 1. The molecule has 0 saturated carbocycles. The van der Waals surface area contributed by atoms with Crippen LogP contribution >= 0.6 is 15.9 Å². The van der Waals surface area contributed by atoms with Crippen molar-refractivity contribution in [3.63, 3.8) is 0 Å². The Kier molecular flexibility index (Phi) is 5.12. The van der Waals surface area contributed by atoms with Gasteiger partial charge in [0.15, 0.2) is 0 Å². The van der Waals surface area contributed by atoms with Crippen LogP contribution in [0.25, 0.3) is 0 Å². The number of nitro groups is 1. The van der Waals surface area contributed by atoms with Gasteiger partial charge < -0.3 is 10.1 Å². The van der Waals surface area contributed by atoms with Crippen molar-refractivity contribution < 1.29 is 9.66 Å². The number of anilines is 1. The highest BCUT2D eigenvalue weighted by Crippen LogP contribution is 2.27. The van der Waals surface area contributed by atoms with Gasteiger partial charge in [-0.1, -0.05) is 15.9 Å². The van der Waals surface area contributed by atoms with Gasteiger partial charge in [0.05, 0.1) is 18.1 Å². The minimum atomic E-state index is -0.373. The summed E-state index contributed by atoms with van der Waals surface area (Å²) in [5.74, 6) is 0. The summed E-state index contributed by atoms with van der Waals surface area (Å²) in [7, 11) is 0. The number of halogens is 1. The molecule has 0 spiro atoms. The molecule has 104 valence electrons. The molecule has 7 heteroatoms. The first-order chi connectivity index (χ1) is 9.16. The van der Waals surface area contributed by atoms with Gasteiger partial charge in [0, 0.05) is 36.7 Å². The van der Waals surface area contributed by atoms with Gasteiger partial charge in [0.25, 0.3) is 5.69 Å². The second kappa shape index (κ2) is 6.83. The number of benzene rings is 1. The highest BCUT2D eigenvalue weighted by Gasteiger charge is 2.14. The predicted molar refractivity (Wildman–Crippen MR) is 76.5 cm³/mol. The van der Waals surface area contributed by atoms with Crippen molar-refractivity contribution in [2.75, 3.05) is 44.7 Å². The molecule has 1 aromatic carbocycles. The molecular weight excluding hydrogens is 314 g/mol. The summed E-state index contributed by atoms with van der Waals surface area (Å²) >= 11 is 3.24. The molecule has 1 fully saturated rings. The standard InChI is InChI=1S/C12H16BrN3O3/c13-10-1-2-11(12(9-10)16(17)18)14-3-4-15-5-7-19-8-6-15/h1-2,9,14H,3-8H2. The number of nitrogens with one attached hydrogen (secondary N) is 1. The summed E-state index contributed by atoms with van der Waals surface area (Å²) < 4.78 is 5.98. The zero-order valence-electron chi connectivity index (χ0n) is 10.5. The number of hydrogen-bond acceptors (Lipinski definition) is 5. The van der Waals surface area contributed by atoms with Gasteiger partial charge in [-0.2, -0.15) is 0 Å². The second-order valence-electron chi connectivity index (χ2n) is 4.30. The van der Waals surface area contributed by atoms with Gasteiger partial charge >= 0.3 is 0 Å².